The molecule has 1 rings (SSSR count). The Labute approximate surface area is 119 Å². The number of rotatable bonds is 6. The fourth-order valence-electron chi connectivity index (χ4n) is 2.01. The van der Waals surface area contributed by atoms with Crippen molar-refractivity contribution in [3.05, 3.63) is 11.8 Å². The molecule has 1 heterocycles. The fraction of sp³-hybridized carbons (Fsp3) is 0.571. The molecule has 0 aromatic rings. The number of nitrogens with zero attached hydrogens (tertiary/aromatic N) is 2. The van der Waals surface area contributed by atoms with Gasteiger partial charge in [0.15, 0.2) is 0 Å². The van der Waals surface area contributed by atoms with Crippen LogP contribution in [0.4, 0.5) is 0 Å². The summed E-state index contributed by atoms with van der Waals surface area (Å²) in [5.41, 5.74) is 0.394. The Morgan fingerprint density at radius 2 is 2.25 bits per heavy atom. The summed E-state index contributed by atoms with van der Waals surface area (Å²) in [5, 5.41) is 9.01. The van der Waals surface area contributed by atoms with Gasteiger partial charge in [0.1, 0.15) is 6.23 Å². The molecule has 1 aliphatic heterocycles. The van der Waals surface area contributed by atoms with Crippen LogP contribution in [0.25, 0.3) is 0 Å². The molecule has 0 radical (unpaired) electrons. The number of likely N-dealkylation sites (N-methyl/N-ethyl adjacent to an activating group) is 1. The largest absolute Gasteiger partial charge is 0.394 e. The fourth-order valence-corrected chi connectivity index (χ4v) is 2.01. The third kappa shape index (κ3) is 4.08. The molecule has 1 N–H and O–H groups in total. The molecule has 0 bridgehead atoms. The van der Waals surface area contributed by atoms with E-state index in [-0.39, 0.29) is 25.2 Å². The van der Waals surface area contributed by atoms with E-state index in [1.54, 1.807) is 14.0 Å². The molecule has 0 aromatic heterocycles. The number of amides is 2. The van der Waals surface area contributed by atoms with Crippen molar-refractivity contribution in [1.29, 1.82) is 0 Å². The van der Waals surface area contributed by atoms with Gasteiger partial charge in [-0.3, -0.25) is 14.5 Å². The van der Waals surface area contributed by atoms with Gasteiger partial charge in [-0.2, -0.15) is 0 Å². The Morgan fingerprint density at radius 1 is 1.55 bits per heavy atom. The summed E-state index contributed by atoms with van der Waals surface area (Å²) in [6, 6.07) is 0. The number of terminal acetylenes is 1. The summed E-state index contributed by atoms with van der Waals surface area (Å²) in [6.07, 6.45) is 7.83. The maximum absolute atomic E-state index is 12.0. The van der Waals surface area contributed by atoms with E-state index in [0.29, 0.717) is 24.8 Å². The zero-order valence-corrected chi connectivity index (χ0v) is 11.8. The summed E-state index contributed by atoms with van der Waals surface area (Å²) in [6.45, 7) is 1.75. The monoisotopic (exact) mass is 280 g/mol. The average Bonchev–Trinajstić information content (AvgIpc) is 2.92. The first-order valence-corrected chi connectivity index (χ1v) is 6.39. The highest BCUT2D eigenvalue weighted by Gasteiger charge is 2.28. The molecule has 1 saturated heterocycles. The zero-order valence-electron chi connectivity index (χ0n) is 11.8. The lowest BCUT2D eigenvalue weighted by Gasteiger charge is -2.22. The molecule has 2 amide bonds. The SMILES string of the molecule is C#CCN(C)C(=O)/C(C)=C\N(C=O)C1CCC(CO)O1. The number of carbonyl (C=O) groups is 2. The van der Waals surface area contributed by atoms with Gasteiger partial charge in [0.05, 0.1) is 19.3 Å². The lowest BCUT2D eigenvalue weighted by molar-refractivity contribution is -0.127. The number of aliphatic hydroxyl groups excluding tert-OH is 1. The molecule has 20 heavy (non-hydrogen) atoms. The molecule has 2 atom stereocenters. The summed E-state index contributed by atoms with van der Waals surface area (Å²) in [5.74, 6) is 2.14. The van der Waals surface area contributed by atoms with Gasteiger partial charge >= 0.3 is 0 Å². The molecule has 0 aromatic carbocycles. The van der Waals surface area contributed by atoms with Gasteiger partial charge in [0.25, 0.3) is 5.91 Å². The molecule has 0 saturated carbocycles. The van der Waals surface area contributed by atoms with Crippen molar-refractivity contribution in [2.75, 3.05) is 20.2 Å². The van der Waals surface area contributed by atoms with Crippen LogP contribution in [0.2, 0.25) is 0 Å². The maximum atomic E-state index is 12.0. The van der Waals surface area contributed by atoms with Gasteiger partial charge in [0.2, 0.25) is 6.41 Å². The topological polar surface area (TPSA) is 70.1 Å². The molecule has 1 aliphatic rings. The first-order valence-electron chi connectivity index (χ1n) is 6.39. The van der Waals surface area contributed by atoms with Gasteiger partial charge in [-0.1, -0.05) is 5.92 Å². The smallest absolute Gasteiger partial charge is 0.251 e. The Morgan fingerprint density at radius 3 is 2.75 bits per heavy atom. The highest BCUT2D eigenvalue weighted by molar-refractivity contribution is 5.92. The normalized spacial score (nSPS) is 22.2. The predicted molar refractivity (Wildman–Crippen MR) is 73.1 cm³/mol. The Hall–Kier alpha value is -1.84. The van der Waals surface area contributed by atoms with E-state index in [9.17, 15) is 9.59 Å². The summed E-state index contributed by atoms with van der Waals surface area (Å²) < 4.78 is 5.50. The first kappa shape index (κ1) is 16.2. The van der Waals surface area contributed by atoms with Crippen LogP contribution in [0.15, 0.2) is 11.8 Å². The van der Waals surface area contributed by atoms with Crippen LogP contribution in [0.3, 0.4) is 0 Å². The van der Waals surface area contributed by atoms with Crippen molar-refractivity contribution in [2.45, 2.75) is 32.1 Å². The second kappa shape index (κ2) is 7.68. The third-order valence-corrected chi connectivity index (χ3v) is 3.10. The first-order chi connectivity index (χ1) is 9.53. The minimum Gasteiger partial charge on any atom is -0.394 e. The van der Waals surface area contributed by atoms with Crippen LogP contribution < -0.4 is 0 Å². The van der Waals surface area contributed by atoms with Crippen LogP contribution in [-0.2, 0) is 14.3 Å². The number of hydrogen-bond acceptors (Lipinski definition) is 4. The van der Waals surface area contributed by atoms with Crippen LogP contribution in [0.5, 0.6) is 0 Å². The van der Waals surface area contributed by atoms with Crippen molar-refractivity contribution in [3.63, 3.8) is 0 Å². The van der Waals surface area contributed by atoms with Crippen molar-refractivity contribution in [2.24, 2.45) is 0 Å². The average molecular weight is 280 g/mol. The van der Waals surface area contributed by atoms with Gasteiger partial charge in [0, 0.05) is 18.8 Å². The Kier molecular flexibility index (Phi) is 6.22. The van der Waals surface area contributed by atoms with E-state index in [1.165, 1.54) is 16.0 Å². The van der Waals surface area contributed by atoms with Gasteiger partial charge < -0.3 is 14.7 Å². The summed E-state index contributed by atoms with van der Waals surface area (Å²) in [7, 11) is 1.60. The van der Waals surface area contributed by atoms with Crippen molar-refractivity contribution in [1.82, 2.24) is 9.80 Å². The quantitative estimate of drug-likeness (QED) is 0.420. The van der Waals surface area contributed by atoms with E-state index in [2.05, 4.69) is 5.92 Å². The van der Waals surface area contributed by atoms with Crippen LogP contribution in [-0.4, -0.2) is 59.8 Å². The Balaban J connectivity index is 2.71. The second-order valence-corrected chi connectivity index (χ2v) is 4.70. The van der Waals surface area contributed by atoms with Gasteiger partial charge in [-0.25, -0.2) is 0 Å². The number of ether oxygens (including phenoxy) is 1. The number of hydrogen-bond donors (Lipinski definition) is 1. The van der Waals surface area contributed by atoms with E-state index >= 15 is 0 Å². The molecule has 6 heteroatoms. The van der Waals surface area contributed by atoms with E-state index < -0.39 is 6.23 Å². The summed E-state index contributed by atoms with van der Waals surface area (Å²) in [4.78, 5) is 25.8. The van der Waals surface area contributed by atoms with E-state index in [0.717, 1.165) is 0 Å². The Bertz CT molecular complexity index is 427. The maximum Gasteiger partial charge on any atom is 0.251 e. The molecular weight excluding hydrogens is 260 g/mol. The second-order valence-electron chi connectivity index (χ2n) is 4.70. The van der Waals surface area contributed by atoms with Crippen molar-refractivity contribution >= 4 is 12.3 Å². The number of carbonyl (C=O) groups excluding carboxylic acids is 2. The van der Waals surface area contributed by atoms with Crippen LogP contribution >= 0.6 is 0 Å². The van der Waals surface area contributed by atoms with E-state index in [1.807, 2.05) is 0 Å². The molecule has 0 spiro atoms. The molecule has 0 aliphatic carbocycles. The van der Waals surface area contributed by atoms with Crippen molar-refractivity contribution < 1.29 is 19.4 Å². The molecule has 110 valence electrons. The third-order valence-electron chi connectivity index (χ3n) is 3.10. The van der Waals surface area contributed by atoms with E-state index in [4.69, 9.17) is 16.3 Å². The lowest BCUT2D eigenvalue weighted by Crippen LogP contribution is -2.33. The van der Waals surface area contributed by atoms with Crippen molar-refractivity contribution in [3.8, 4) is 12.3 Å². The number of aliphatic hydroxyl groups is 1. The lowest BCUT2D eigenvalue weighted by atomic mass is 10.2. The van der Waals surface area contributed by atoms with Crippen LogP contribution in [0.1, 0.15) is 19.8 Å². The molecule has 6 nitrogen and oxygen atoms in total. The van der Waals surface area contributed by atoms with Gasteiger partial charge in [-0.15, -0.1) is 6.42 Å². The predicted octanol–water partition coefficient (Wildman–Crippen LogP) is -0.0624. The van der Waals surface area contributed by atoms with Gasteiger partial charge in [-0.05, 0) is 19.8 Å². The minimum atomic E-state index is -0.440. The summed E-state index contributed by atoms with van der Waals surface area (Å²) >= 11 is 0. The molecule has 2 unspecified atom stereocenters. The molecule has 1 fully saturated rings. The zero-order chi connectivity index (χ0) is 15.1. The highest BCUT2D eigenvalue weighted by Crippen LogP contribution is 2.22. The highest BCUT2D eigenvalue weighted by atomic mass is 16.5. The van der Waals surface area contributed by atoms with Crippen LogP contribution in [0, 0.1) is 12.3 Å². The minimum absolute atomic E-state index is 0.0737. The molecular formula is C14H20N2O4. The standard InChI is InChI=1S/C14H20N2O4/c1-4-7-15(3)14(19)11(2)8-16(10-18)13-6-5-12(9-17)20-13/h1,8,10,12-13,17H,5-7,9H2,2-3H3/b11-8-.